The number of furan rings is 1. The van der Waals surface area contributed by atoms with Crippen molar-refractivity contribution in [2.75, 3.05) is 0 Å². The van der Waals surface area contributed by atoms with E-state index in [2.05, 4.69) is 0 Å². The summed E-state index contributed by atoms with van der Waals surface area (Å²) < 4.78 is 53.3. The Morgan fingerprint density at radius 2 is 1.81 bits per heavy atom. The van der Waals surface area contributed by atoms with Crippen molar-refractivity contribution in [3.63, 3.8) is 0 Å². The fourth-order valence-corrected chi connectivity index (χ4v) is 3.55. The molecule has 8 heteroatoms. The highest BCUT2D eigenvalue weighted by Gasteiger charge is 2.17. The largest absolute Gasteiger partial charge is 0.488 e. The zero-order valence-corrected chi connectivity index (χ0v) is 16.7. The highest BCUT2D eigenvalue weighted by Crippen LogP contribution is 2.35. The van der Waals surface area contributed by atoms with Crippen molar-refractivity contribution in [3.8, 4) is 16.9 Å². The number of hydrogen-bond donors (Lipinski definition) is 2. The molecule has 0 unspecified atom stereocenters. The average Bonchev–Trinajstić information content (AvgIpc) is 3.13. The first kappa shape index (κ1) is 21.5. The van der Waals surface area contributed by atoms with Crippen LogP contribution in [0.3, 0.4) is 0 Å². The lowest BCUT2D eigenvalue weighted by Gasteiger charge is -2.13. The smallest absolute Gasteiger partial charge is 0.307 e. The van der Waals surface area contributed by atoms with Crippen molar-refractivity contribution >= 4 is 16.9 Å². The molecule has 0 bridgehead atoms. The van der Waals surface area contributed by atoms with Crippen LogP contribution < -0.4 is 10.5 Å². The quantitative estimate of drug-likeness (QED) is 0.413. The molecule has 3 N–H and O–H groups in total. The SMILES string of the molecule is NCc1cccc(-c2cc(COc3cc(F)ccc3CC(=O)O)cc3cc(F)oc23)c1F. The minimum Gasteiger partial charge on any atom is -0.488 e. The van der Waals surface area contributed by atoms with Crippen molar-refractivity contribution in [3.05, 3.63) is 88.9 Å². The van der Waals surface area contributed by atoms with E-state index in [-0.39, 0.29) is 36.5 Å². The Balaban J connectivity index is 1.75. The number of carboxylic acid groups (broad SMARTS) is 1. The van der Waals surface area contributed by atoms with E-state index in [1.807, 2.05) is 0 Å². The third-order valence-electron chi connectivity index (χ3n) is 5.00. The van der Waals surface area contributed by atoms with Crippen molar-refractivity contribution in [1.82, 2.24) is 0 Å². The second-order valence-corrected chi connectivity index (χ2v) is 7.21. The van der Waals surface area contributed by atoms with E-state index in [0.717, 1.165) is 12.1 Å². The predicted octanol–water partition coefficient (Wildman–Crippen LogP) is 5.18. The van der Waals surface area contributed by atoms with E-state index in [9.17, 15) is 18.0 Å². The molecule has 0 aliphatic rings. The fourth-order valence-electron chi connectivity index (χ4n) is 3.55. The second-order valence-electron chi connectivity index (χ2n) is 7.21. The molecule has 1 heterocycles. The molecule has 5 nitrogen and oxygen atoms in total. The fraction of sp³-hybridized carbons (Fsp3) is 0.125. The molecule has 0 amide bonds. The minimum absolute atomic E-state index is 0.00986. The molecule has 0 aliphatic heterocycles. The number of fused-ring (bicyclic) bond motifs is 1. The summed E-state index contributed by atoms with van der Waals surface area (Å²) in [6.07, 6.45) is -0.343. The number of carboxylic acids is 1. The Morgan fingerprint density at radius 3 is 2.56 bits per heavy atom. The Kier molecular flexibility index (Phi) is 5.87. The van der Waals surface area contributed by atoms with Gasteiger partial charge < -0.3 is 20.0 Å². The molecule has 0 radical (unpaired) electrons. The maximum Gasteiger partial charge on any atom is 0.307 e. The van der Waals surface area contributed by atoms with Crippen molar-refractivity contribution in [2.24, 2.45) is 5.73 Å². The van der Waals surface area contributed by atoms with Gasteiger partial charge in [-0.15, -0.1) is 0 Å². The lowest BCUT2D eigenvalue weighted by molar-refractivity contribution is -0.136. The number of nitrogens with two attached hydrogens (primary N) is 1. The van der Waals surface area contributed by atoms with Crippen LogP contribution in [0.2, 0.25) is 0 Å². The highest BCUT2D eigenvalue weighted by molar-refractivity contribution is 5.93. The molecule has 3 aromatic carbocycles. The summed E-state index contributed by atoms with van der Waals surface area (Å²) in [5.41, 5.74) is 7.38. The van der Waals surface area contributed by atoms with Crippen molar-refractivity contribution in [1.29, 1.82) is 0 Å². The van der Waals surface area contributed by atoms with Crippen LogP contribution in [0.5, 0.6) is 5.75 Å². The summed E-state index contributed by atoms with van der Waals surface area (Å²) >= 11 is 0. The molecule has 4 rings (SSSR count). The number of hydrogen-bond acceptors (Lipinski definition) is 4. The Labute approximate surface area is 180 Å². The molecule has 4 aromatic rings. The molecule has 0 atom stereocenters. The summed E-state index contributed by atoms with van der Waals surface area (Å²) in [6.45, 7) is -0.103. The molecule has 0 fully saturated rings. The Hall–Kier alpha value is -3.78. The van der Waals surface area contributed by atoms with E-state index in [1.54, 1.807) is 24.3 Å². The molecule has 0 saturated heterocycles. The molecule has 32 heavy (non-hydrogen) atoms. The van der Waals surface area contributed by atoms with Crippen molar-refractivity contribution in [2.45, 2.75) is 19.6 Å². The van der Waals surface area contributed by atoms with E-state index < -0.39 is 23.6 Å². The number of carbonyl (C=O) groups is 1. The van der Waals surface area contributed by atoms with Crippen LogP contribution in [0.15, 0.2) is 59.0 Å². The maximum atomic E-state index is 15.0. The van der Waals surface area contributed by atoms with Gasteiger partial charge in [-0.05, 0) is 23.8 Å². The second kappa shape index (κ2) is 8.76. The van der Waals surface area contributed by atoms with Gasteiger partial charge in [-0.1, -0.05) is 24.3 Å². The highest BCUT2D eigenvalue weighted by atomic mass is 19.1. The van der Waals surface area contributed by atoms with E-state index in [1.165, 1.54) is 18.2 Å². The van der Waals surface area contributed by atoms with Gasteiger partial charge in [0, 0.05) is 46.3 Å². The Bertz CT molecular complexity index is 1320. The number of rotatable bonds is 7. The van der Waals surface area contributed by atoms with Crippen LogP contribution in [0.25, 0.3) is 22.1 Å². The van der Waals surface area contributed by atoms with Gasteiger partial charge in [-0.2, -0.15) is 4.39 Å². The molecular weight excluding hydrogens is 423 g/mol. The van der Waals surface area contributed by atoms with Gasteiger partial charge in [0.05, 0.1) is 6.42 Å². The van der Waals surface area contributed by atoms with Crippen LogP contribution in [-0.4, -0.2) is 11.1 Å². The van der Waals surface area contributed by atoms with E-state index in [4.69, 9.17) is 20.0 Å². The summed E-state index contributed by atoms with van der Waals surface area (Å²) in [5, 5.41) is 9.45. The standard InChI is InChI=1S/C24H18F3NO4/c25-17-5-4-14(9-22(29)30)20(10-17)31-12-13-6-16-8-21(26)32-24(16)19(7-13)18-3-1-2-15(11-28)23(18)27/h1-8,10H,9,11-12,28H2,(H,29,30). The minimum atomic E-state index is -1.09. The zero-order chi connectivity index (χ0) is 22.8. The van der Waals surface area contributed by atoms with E-state index >= 15 is 0 Å². The van der Waals surface area contributed by atoms with E-state index in [0.29, 0.717) is 27.6 Å². The third-order valence-corrected chi connectivity index (χ3v) is 5.00. The third kappa shape index (κ3) is 4.31. The number of halogens is 3. The van der Waals surface area contributed by atoms with Gasteiger partial charge in [-0.3, -0.25) is 4.79 Å². The van der Waals surface area contributed by atoms with Crippen LogP contribution >= 0.6 is 0 Å². The summed E-state index contributed by atoms with van der Waals surface area (Å²) in [4.78, 5) is 11.1. The number of benzene rings is 3. The molecular formula is C24H18F3NO4. The van der Waals surface area contributed by atoms with Crippen LogP contribution in [-0.2, 0) is 24.4 Å². The first-order chi connectivity index (χ1) is 15.4. The van der Waals surface area contributed by atoms with Crippen molar-refractivity contribution < 1.29 is 32.2 Å². The molecule has 0 saturated carbocycles. The monoisotopic (exact) mass is 441 g/mol. The van der Waals surface area contributed by atoms with Gasteiger partial charge in [0.2, 0.25) is 0 Å². The summed E-state index contributed by atoms with van der Waals surface area (Å²) in [5.74, 6) is -2.14. The van der Waals surface area contributed by atoms with Crippen LogP contribution in [0, 0.1) is 17.6 Å². The summed E-state index contributed by atoms with van der Waals surface area (Å²) in [7, 11) is 0. The number of ether oxygens (including phenoxy) is 1. The van der Waals surface area contributed by atoms with Gasteiger partial charge in [-0.25, -0.2) is 8.78 Å². The Morgan fingerprint density at radius 1 is 1.00 bits per heavy atom. The molecule has 0 spiro atoms. The zero-order valence-electron chi connectivity index (χ0n) is 16.7. The van der Waals surface area contributed by atoms with Crippen LogP contribution in [0.4, 0.5) is 13.2 Å². The first-order valence-corrected chi connectivity index (χ1v) is 9.68. The predicted molar refractivity (Wildman–Crippen MR) is 112 cm³/mol. The summed E-state index contributed by atoms with van der Waals surface area (Å²) in [6, 6.07) is 11.8. The average molecular weight is 441 g/mol. The van der Waals surface area contributed by atoms with Crippen LogP contribution in [0.1, 0.15) is 16.7 Å². The topological polar surface area (TPSA) is 85.7 Å². The molecule has 1 aromatic heterocycles. The van der Waals surface area contributed by atoms with Gasteiger partial charge in [0.25, 0.3) is 6.01 Å². The van der Waals surface area contributed by atoms with Gasteiger partial charge >= 0.3 is 5.97 Å². The lowest BCUT2D eigenvalue weighted by atomic mass is 9.98. The lowest BCUT2D eigenvalue weighted by Crippen LogP contribution is -2.05. The van der Waals surface area contributed by atoms with Gasteiger partial charge in [0.15, 0.2) is 0 Å². The van der Waals surface area contributed by atoms with Gasteiger partial charge in [0.1, 0.15) is 29.6 Å². The molecule has 0 aliphatic carbocycles. The molecule has 164 valence electrons. The number of aliphatic carboxylic acids is 1. The maximum absolute atomic E-state index is 15.0. The normalized spacial score (nSPS) is 11.1. The first-order valence-electron chi connectivity index (χ1n) is 9.68.